The van der Waals surface area contributed by atoms with Crippen LogP contribution in [0.15, 0.2) is 30.3 Å². The lowest BCUT2D eigenvalue weighted by atomic mass is 10.1. The van der Waals surface area contributed by atoms with E-state index in [1.54, 1.807) is 6.92 Å². The lowest BCUT2D eigenvalue weighted by Crippen LogP contribution is -2.46. The number of carbonyl (C=O) groups is 1. The summed E-state index contributed by atoms with van der Waals surface area (Å²) in [5, 5.41) is 11.4. The Morgan fingerprint density at radius 1 is 1.44 bits per heavy atom. The number of hydrogen-bond acceptors (Lipinski definition) is 3. The Labute approximate surface area is 95.5 Å². The summed E-state index contributed by atoms with van der Waals surface area (Å²) in [7, 11) is 0. The van der Waals surface area contributed by atoms with Gasteiger partial charge < -0.3 is 16.2 Å². The van der Waals surface area contributed by atoms with Gasteiger partial charge in [0.15, 0.2) is 0 Å². The van der Waals surface area contributed by atoms with Crippen LogP contribution in [0.3, 0.4) is 0 Å². The highest BCUT2D eigenvalue weighted by atomic mass is 16.3. The molecule has 0 spiro atoms. The minimum absolute atomic E-state index is 0.0796. The second-order valence-electron chi connectivity index (χ2n) is 3.89. The molecule has 0 saturated heterocycles. The van der Waals surface area contributed by atoms with Gasteiger partial charge in [0.2, 0.25) is 5.91 Å². The summed E-state index contributed by atoms with van der Waals surface area (Å²) >= 11 is 0. The molecule has 1 aromatic carbocycles. The Bertz CT molecular complexity index is 327. The van der Waals surface area contributed by atoms with Crippen LogP contribution in [0.4, 0.5) is 0 Å². The van der Waals surface area contributed by atoms with Crippen LogP contribution < -0.4 is 11.1 Å². The van der Waals surface area contributed by atoms with E-state index in [0.29, 0.717) is 6.42 Å². The van der Waals surface area contributed by atoms with Crippen LogP contribution in [-0.4, -0.2) is 29.7 Å². The van der Waals surface area contributed by atoms with E-state index in [0.717, 1.165) is 5.56 Å². The molecule has 1 unspecified atom stereocenters. The first-order valence-electron chi connectivity index (χ1n) is 5.34. The topological polar surface area (TPSA) is 75.3 Å². The molecule has 0 heterocycles. The number of hydrogen-bond donors (Lipinski definition) is 3. The third kappa shape index (κ3) is 4.00. The lowest BCUT2D eigenvalue weighted by molar-refractivity contribution is -0.123. The molecule has 4 N–H and O–H groups in total. The van der Waals surface area contributed by atoms with Crippen molar-refractivity contribution in [2.24, 2.45) is 5.73 Å². The highest BCUT2D eigenvalue weighted by molar-refractivity contribution is 5.82. The predicted molar refractivity (Wildman–Crippen MR) is 62.8 cm³/mol. The number of nitrogens with two attached hydrogens (primary N) is 1. The van der Waals surface area contributed by atoms with Crippen LogP contribution in [0.5, 0.6) is 0 Å². The standard InChI is InChI=1S/C12H18N2O2/c1-9(8-15)14-12(16)11(13)7-10-5-3-2-4-6-10/h2-6,9,11,15H,7-8,13H2,1H3,(H,14,16)/t9?,11-/m0/s1. The van der Waals surface area contributed by atoms with Gasteiger partial charge in [-0.2, -0.15) is 0 Å². The van der Waals surface area contributed by atoms with Gasteiger partial charge in [0.25, 0.3) is 0 Å². The maximum Gasteiger partial charge on any atom is 0.237 e. The number of amides is 1. The van der Waals surface area contributed by atoms with Gasteiger partial charge >= 0.3 is 0 Å². The van der Waals surface area contributed by atoms with Crippen molar-refractivity contribution in [2.45, 2.75) is 25.4 Å². The second-order valence-corrected chi connectivity index (χ2v) is 3.89. The van der Waals surface area contributed by atoms with Crippen molar-refractivity contribution in [1.82, 2.24) is 5.32 Å². The number of carbonyl (C=O) groups excluding carboxylic acids is 1. The molecule has 16 heavy (non-hydrogen) atoms. The number of nitrogens with one attached hydrogen (secondary N) is 1. The largest absolute Gasteiger partial charge is 0.394 e. The highest BCUT2D eigenvalue weighted by Gasteiger charge is 2.15. The maximum atomic E-state index is 11.6. The molecule has 4 nitrogen and oxygen atoms in total. The summed E-state index contributed by atoms with van der Waals surface area (Å²) < 4.78 is 0. The molecule has 0 saturated carbocycles. The van der Waals surface area contributed by atoms with Gasteiger partial charge in [0.1, 0.15) is 0 Å². The summed E-state index contributed by atoms with van der Waals surface area (Å²) in [4.78, 5) is 11.6. The zero-order valence-electron chi connectivity index (χ0n) is 9.39. The third-order valence-electron chi connectivity index (χ3n) is 2.30. The number of rotatable bonds is 5. The minimum atomic E-state index is -0.573. The van der Waals surface area contributed by atoms with Crippen LogP contribution in [0.25, 0.3) is 0 Å². The van der Waals surface area contributed by atoms with Crippen LogP contribution in [0.1, 0.15) is 12.5 Å². The molecule has 0 fully saturated rings. The van der Waals surface area contributed by atoms with Crippen LogP contribution in [-0.2, 0) is 11.2 Å². The molecule has 0 aliphatic carbocycles. The first kappa shape index (κ1) is 12.7. The molecule has 1 rings (SSSR count). The summed E-state index contributed by atoms with van der Waals surface area (Å²) in [6.07, 6.45) is 0.505. The molecular formula is C12H18N2O2. The van der Waals surface area contributed by atoms with Crippen LogP contribution in [0, 0.1) is 0 Å². The van der Waals surface area contributed by atoms with Crippen LogP contribution >= 0.6 is 0 Å². The van der Waals surface area contributed by atoms with Gasteiger partial charge in [-0.3, -0.25) is 4.79 Å². The zero-order chi connectivity index (χ0) is 12.0. The lowest BCUT2D eigenvalue weighted by Gasteiger charge is -2.15. The fraction of sp³-hybridized carbons (Fsp3) is 0.417. The minimum Gasteiger partial charge on any atom is -0.394 e. The summed E-state index contributed by atoms with van der Waals surface area (Å²) in [5.41, 5.74) is 6.79. The van der Waals surface area contributed by atoms with Gasteiger partial charge in [-0.05, 0) is 18.9 Å². The first-order valence-corrected chi connectivity index (χ1v) is 5.34. The number of aliphatic hydroxyl groups excluding tert-OH is 1. The molecule has 0 radical (unpaired) electrons. The molecule has 1 amide bonds. The Hall–Kier alpha value is -1.39. The molecule has 0 aliphatic heterocycles. The number of benzene rings is 1. The van der Waals surface area contributed by atoms with Crippen molar-refractivity contribution in [3.05, 3.63) is 35.9 Å². The summed E-state index contributed by atoms with van der Waals surface area (Å²) in [5.74, 6) is -0.231. The van der Waals surface area contributed by atoms with E-state index in [4.69, 9.17) is 10.8 Å². The fourth-order valence-corrected chi connectivity index (χ4v) is 1.36. The van der Waals surface area contributed by atoms with E-state index in [-0.39, 0.29) is 18.6 Å². The van der Waals surface area contributed by atoms with Crippen molar-refractivity contribution in [2.75, 3.05) is 6.61 Å². The first-order chi connectivity index (χ1) is 7.63. The normalized spacial score (nSPS) is 14.2. The monoisotopic (exact) mass is 222 g/mol. The molecule has 88 valence electrons. The Morgan fingerprint density at radius 3 is 2.62 bits per heavy atom. The van der Waals surface area contributed by atoms with E-state index in [1.807, 2.05) is 30.3 Å². The van der Waals surface area contributed by atoms with E-state index in [1.165, 1.54) is 0 Å². The summed E-state index contributed by atoms with van der Waals surface area (Å²) in [6.45, 7) is 1.65. The van der Waals surface area contributed by atoms with E-state index >= 15 is 0 Å². The molecule has 2 atom stereocenters. The van der Waals surface area contributed by atoms with E-state index < -0.39 is 6.04 Å². The fourth-order valence-electron chi connectivity index (χ4n) is 1.36. The van der Waals surface area contributed by atoms with Crippen molar-refractivity contribution in [3.63, 3.8) is 0 Å². The van der Waals surface area contributed by atoms with E-state index in [2.05, 4.69) is 5.32 Å². The van der Waals surface area contributed by atoms with Crippen molar-refractivity contribution >= 4 is 5.91 Å². The zero-order valence-corrected chi connectivity index (χ0v) is 9.39. The average Bonchev–Trinajstić information content (AvgIpc) is 2.30. The van der Waals surface area contributed by atoms with Gasteiger partial charge in [-0.1, -0.05) is 30.3 Å². The number of aliphatic hydroxyl groups is 1. The summed E-state index contributed by atoms with van der Waals surface area (Å²) in [6, 6.07) is 8.78. The maximum absolute atomic E-state index is 11.6. The molecule has 0 bridgehead atoms. The molecule has 4 heteroatoms. The Kier molecular flexibility index (Phi) is 4.95. The smallest absolute Gasteiger partial charge is 0.237 e. The van der Waals surface area contributed by atoms with Crippen molar-refractivity contribution in [1.29, 1.82) is 0 Å². The van der Waals surface area contributed by atoms with Crippen LogP contribution in [0.2, 0.25) is 0 Å². The average molecular weight is 222 g/mol. The predicted octanol–water partition coefficient (Wildman–Crippen LogP) is 0.0534. The highest BCUT2D eigenvalue weighted by Crippen LogP contribution is 2.01. The van der Waals surface area contributed by atoms with Crippen molar-refractivity contribution in [3.8, 4) is 0 Å². The molecule has 1 aromatic rings. The van der Waals surface area contributed by atoms with E-state index in [9.17, 15) is 4.79 Å². The Balaban J connectivity index is 2.46. The Morgan fingerprint density at radius 2 is 2.06 bits per heavy atom. The van der Waals surface area contributed by atoms with Crippen molar-refractivity contribution < 1.29 is 9.90 Å². The quantitative estimate of drug-likeness (QED) is 0.659. The van der Waals surface area contributed by atoms with Gasteiger partial charge in [-0.25, -0.2) is 0 Å². The molecular weight excluding hydrogens is 204 g/mol. The van der Waals surface area contributed by atoms with Gasteiger partial charge in [0, 0.05) is 6.04 Å². The molecule has 0 aromatic heterocycles. The SMILES string of the molecule is CC(CO)NC(=O)[C@@H](N)Cc1ccccc1. The third-order valence-corrected chi connectivity index (χ3v) is 2.30. The van der Waals surface area contributed by atoms with Gasteiger partial charge in [-0.15, -0.1) is 0 Å². The molecule has 0 aliphatic rings. The van der Waals surface area contributed by atoms with Gasteiger partial charge in [0.05, 0.1) is 12.6 Å². The second kappa shape index (κ2) is 6.25.